The monoisotopic (exact) mass is 242 g/mol. The zero-order valence-corrected chi connectivity index (χ0v) is 7.97. The van der Waals surface area contributed by atoms with E-state index >= 15 is 0 Å². The molecule has 0 amide bonds. The summed E-state index contributed by atoms with van der Waals surface area (Å²) in [6.45, 7) is 4.74. The Balaban J connectivity index is 4.04. The van der Waals surface area contributed by atoms with Crippen LogP contribution in [0, 0.1) is 0 Å². The smallest absolute Gasteiger partial charge is 0.145 e. The largest absolute Gasteiger partial charge is 0.389 e. The quantitative estimate of drug-likeness (QED) is 0.582. The molecule has 0 saturated carbocycles. The Kier molecular flexibility index (Phi) is 3.08. The summed E-state index contributed by atoms with van der Waals surface area (Å²) in [5.41, 5.74) is -0.883. The standard InChI is InChI=1S/C6H11IO2/c1-4(8)5(7)6(2,3)9/h5,9H,1-3H3. The van der Waals surface area contributed by atoms with Gasteiger partial charge in [-0.25, -0.2) is 0 Å². The molecule has 3 heteroatoms. The van der Waals surface area contributed by atoms with Gasteiger partial charge in [-0.2, -0.15) is 0 Å². The minimum Gasteiger partial charge on any atom is -0.389 e. The van der Waals surface area contributed by atoms with Crippen LogP contribution >= 0.6 is 22.6 Å². The summed E-state index contributed by atoms with van der Waals surface area (Å²) in [5, 5.41) is 9.23. The van der Waals surface area contributed by atoms with Crippen molar-refractivity contribution >= 4 is 28.4 Å². The van der Waals surface area contributed by atoms with Crippen molar-refractivity contribution in [3.8, 4) is 0 Å². The molecule has 1 N–H and O–H groups in total. The van der Waals surface area contributed by atoms with Crippen LogP contribution < -0.4 is 0 Å². The van der Waals surface area contributed by atoms with E-state index in [4.69, 9.17) is 0 Å². The molecule has 2 nitrogen and oxygen atoms in total. The summed E-state index contributed by atoms with van der Waals surface area (Å²) in [6.07, 6.45) is 0. The van der Waals surface area contributed by atoms with E-state index in [1.165, 1.54) is 6.92 Å². The van der Waals surface area contributed by atoms with Gasteiger partial charge in [0.25, 0.3) is 0 Å². The molecule has 54 valence electrons. The maximum Gasteiger partial charge on any atom is 0.145 e. The van der Waals surface area contributed by atoms with Crippen molar-refractivity contribution in [2.24, 2.45) is 0 Å². The molecule has 0 aromatic rings. The van der Waals surface area contributed by atoms with Gasteiger partial charge < -0.3 is 5.11 Å². The van der Waals surface area contributed by atoms with Gasteiger partial charge in [0.1, 0.15) is 5.78 Å². The Bertz CT molecular complexity index is 115. The second-order valence-corrected chi connectivity index (χ2v) is 3.87. The van der Waals surface area contributed by atoms with Crippen LogP contribution in [0.3, 0.4) is 0 Å². The Morgan fingerprint density at radius 2 is 2.00 bits per heavy atom. The van der Waals surface area contributed by atoms with Gasteiger partial charge in [-0.15, -0.1) is 0 Å². The summed E-state index contributed by atoms with van der Waals surface area (Å²) in [7, 11) is 0. The van der Waals surface area contributed by atoms with Crippen LogP contribution in [-0.2, 0) is 4.79 Å². The summed E-state index contributed by atoms with van der Waals surface area (Å²) in [4.78, 5) is 10.6. The molecule has 0 heterocycles. The number of ketones is 1. The lowest BCUT2D eigenvalue weighted by molar-refractivity contribution is -0.119. The molecule has 0 aliphatic carbocycles. The van der Waals surface area contributed by atoms with Crippen LogP contribution in [0.5, 0.6) is 0 Å². The highest BCUT2D eigenvalue weighted by Gasteiger charge is 2.27. The first-order chi connectivity index (χ1) is 3.85. The summed E-state index contributed by atoms with van der Waals surface area (Å²) < 4.78 is -0.296. The number of rotatable bonds is 2. The molecule has 0 aliphatic heterocycles. The molecule has 0 aromatic carbocycles. The molecule has 9 heavy (non-hydrogen) atoms. The van der Waals surface area contributed by atoms with Crippen molar-refractivity contribution in [2.45, 2.75) is 30.3 Å². The summed E-state index contributed by atoms with van der Waals surface area (Å²) in [5.74, 6) is 0.0168. The topological polar surface area (TPSA) is 37.3 Å². The molecule has 0 radical (unpaired) electrons. The lowest BCUT2D eigenvalue weighted by Gasteiger charge is -2.21. The summed E-state index contributed by atoms with van der Waals surface area (Å²) in [6, 6.07) is 0. The van der Waals surface area contributed by atoms with Gasteiger partial charge in [-0.3, -0.25) is 4.79 Å². The molecular weight excluding hydrogens is 231 g/mol. The van der Waals surface area contributed by atoms with Crippen molar-refractivity contribution < 1.29 is 9.90 Å². The lowest BCUT2D eigenvalue weighted by Crippen LogP contribution is -2.35. The molecule has 0 rings (SSSR count). The first kappa shape index (κ1) is 9.36. The lowest BCUT2D eigenvalue weighted by atomic mass is 10.0. The molecule has 0 bridgehead atoms. The zero-order valence-electron chi connectivity index (χ0n) is 5.81. The molecule has 0 aliphatic rings. The maximum atomic E-state index is 10.6. The van der Waals surface area contributed by atoms with E-state index in [1.54, 1.807) is 13.8 Å². The van der Waals surface area contributed by atoms with Crippen molar-refractivity contribution in [1.29, 1.82) is 0 Å². The van der Waals surface area contributed by atoms with Crippen LogP contribution in [0.2, 0.25) is 0 Å². The third-order valence-electron chi connectivity index (χ3n) is 0.977. The van der Waals surface area contributed by atoms with Gasteiger partial charge in [0.15, 0.2) is 0 Å². The average Bonchev–Trinajstić information content (AvgIpc) is 1.62. The summed E-state index contributed by atoms with van der Waals surface area (Å²) >= 11 is 1.94. The predicted molar refractivity (Wildman–Crippen MR) is 44.8 cm³/mol. The van der Waals surface area contributed by atoms with Crippen LogP contribution in [0.1, 0.15) is 20.8 Å². The van der Waals surface area contributed by atoms with Crippen molar-refractivity contribution in [2.75, 3.05) is 0 Å². The van der Waals surface area contributed by atoms with Crippen LogP contribution in [0.25, 0.3) is 0 Å². The number of hydrogen-bond donors (Lipinski definition) is 1. The highest BCUT2D eigenvalue weighted by Crippen LogP contribution is 2.17. The van der Waals surface area contributed by atoms with E-state index in [0.717, 1.165) is 0 Å². The fourth-order valence-electron chi connectivity index (χ4n) is 0.497. The van der Waals surface area contributed by atoms with E-state index in [2.05, 4.69) is 0 Å². The molecule has 0 aromatic heterocycles. The van der Waals surface area contributed by atoms with Crippen molar-refractivity contribution in [3.63, 3.8) is 0 Å². The number of alkyl halides is 1. The van der Waals surface area contributed by atoms with Gasteiger partial charge in [0.05, 0.1) is 9.53 Å². The molecule has 0 spiro atoms. The van der Waals surface area contributed by atoms with Crippen LogP contribution in [0.15, 0.2) is 0 Å². The number of hydrogen-bond acceptors (Lipinski definition) is 2. The third-order valence-corrected chi connectivity index (χ3v) is 3.38. The predicted octanol–water partition coefficient (Wildman–Crippen LogP) is 1.15. The second kappa shape index (κ2) is 2.96. The molecular formula is C6H11IO2. The molecule has 0 fully saturated rings. The minimum atomic E-state index is -0.883. The highest BCUT2D eigenvalue weighted by atomic mass is 127. The van der Waals surface area contributed by atoms with E-state index in [-0.39, 0.29) is 9.71 Å². The van der Waals surface area contributed by atoms with E-state index in [0.29, 0.717) is 0 Å². The SMILES string of the molecule is CC(=O)C(I)C(C)(C)O. The van der Waals surface area contributed by atoms with Gasteiger partial charge >= 0.3 is 0 Å². The number of carbonyl (C=O) groups excluding carboxylic acids is 1. The van der Waals surface area contributed by atoms with Crippen LogP contribution in [0.4, 0.5) is 0 Å². The highest BCUT2D eigenvalue weighted by molar-refractivity contribution is 14.1. The Morgan fingerprint density at radius 3 is 2.00 bits per heavy atom. The van der Waals surface area contributed by atoms with Gasteiger partial charge in [0.2, 0.25) is 0 Å². The number of halogens is 1. The van der Waals surface area contributed by atoms with Crippen molar-refractivity contribution in [1.82, 2.24) is 0 Å². The Labute approximate surface area is 68.8 Å². The first-order valence-electron chi connectivity index (χ1n) is 2.72. The maximum absolute atomic E-state index is 10.6. The number of aliphatic hydroxyl groups is 1. The molecule has 0 saturated heterocycles. The van der Waals surface area contributed by atoms with Gasteiger partial charge in [-0.1, -0.05) is 22.6 Å². The van der Waals surface area contributed by atoms with E-state index in [9.17, 15) is 9.90 Å². The zero-order chi connectivity index (χ0) is 7.65. The van der Waals surface area contributed by atoms with E-state index < -0.39 is 5.60 Å². The third kappa shape index (κ3) is 3.15. The normalized spacial score (nSPS) is 15.2. The number of Topliss-reactive ketones (excluding diaryl/α,β-unsaturated/α-hetero) is 1. The molecule has 1 atom stereocenters. The minimum absolute atomic E-state index is 0.0168. The number of carbonyl (C=O) groups is 1. The van der Waals surface area contributed by atoms with Crippen molar-refractivity contribution in [3.05, 3.63) is 0 Å². The van der Waals surface area contributed by atoms with Gasteiger partial charge in [-0.05, 0) is 20.8 Å². The Hall–Kier alpha value is 0.360. The fourth-order valence-corrected chi connectivity index (χ4v) is 0.497. The fraction of sp³-hybridized carbons (Fsp3) is 0.833. The van der Waals surface area contributed by atoms with E-state index in [1.807, 2.05) is 22.6 Å². The average molecular weight is 242 g/mol. The van der Waals surface area contributed by atoms with Gasteiger partial charge in [0, 0.05) is 0 Å². The van der Waals surface area contributed by atoms with Crippen LogP contribution in [-0.4, -0.2) is 20.4 Å². The molecule has 1 unspecified atom stereocenters. The second-order valence-electron chi connectivity index (χ2n) is 2.63. The first-order valence-corrected chi connectivity index (χ1v) is 3.97. The Morgan fingerprint density at radius 1 is 1.67 bits per heavy atom.